The molecular formula is C17H21NO3. The van der Waals surface area contributed by atoms with Gasteiger partial charge in [0.05, 0.1) is 12.6 Å². The van der Waals surface area contributed by atoms with E-state index in [1.165, 1.54) is 7.11 Å². The first-order chi connectivity index (χ1) is 9.81. The van der Waals surface area contributed by atoms with E-state index in [0.717, 1.165) is 16.6 Å². The highest BCUT2D eigenvalue weighted by Crippen LogP contribution is 2.25. The number of aromatic nitrogens is 1. The van der Waals surface area contributed by atoms with Gasteiger partial charge in [0.25, 0.3) is 0 Å². The Morgan fingerprint density at radius 3 is 2.52 bits per heavy atom. The highest BCUT2D eigenvalue weighted by atomic mass is 16.6. The molecule has 4 heteroatoms. The summed E-state index contributed by atoms with van der Waals surface area (Å²) >= 11 is 0. The van der Waals surface area contributed by atoms with Gasteiger partial charge in [0.2, 0.25) is 0 Å². The summed E-state index contributed by atoms with van der Waals surface area (Å²) in [7, 11) is 1.35. The van der Waals surface area contributed by atoms with Crippen LogP contribution in [-0.4, -0.2) is 24.2 Å². The van der Waals surface area contributed by atoms with Gasteiger partial charge < -0.3 is 9.47 Å². The second-order valence-electron chi connectivity index (χ2n) is 6.08. The van der Waals surface area contributed by atoms with Crippen LogP contribution in [0.2, 0.25) is 0 Å². The van der Waals surface area contributed by atoms with Crippen molar-refractivity contribution >= 4 is 16.9 Å². The fourth-order valence-electron chi connectivity index (χ4n) is 2.01. The van der Waals surface area contributed by atoms with Gasteiger partial charge in [0.1, 0.15) is 5.75 Å². The van der Waals surface area contributed by atoms with Crippen molar-refractivity contribution in [2.24, 2.45) is 0 Å². The number of carbonyl (C=O) groups is 1. The van der Waals surface area contributed by atoms with Gasteiger partial charge in [0, 0.05) is 16.5 Å². The van der Waals surface area contributed by atoms with Crippen molar-refractivity contribution in [1.29, 1.82) is 0 Å². The number of hydrogen-bond acceptors (Lipinski definition) is 4. The zero-order valence-corrected chi connectivity index (χ0v) is 13.1. The zero-order chi connectivity index (χ0) is 15.6. The molecule has 0 saturated heterocycles. The Balaban J connectivity index is 2.29. The SMILES string of the molecule is COC(=O)C(C)Oc1ccc2nc(C(C)(C)C)ccc2c1. The molecule has 1 aromatic heterocycles. The first-order valence-corrected chi connectivity index (χ1v) is 6.97. The number of hydrogen-bond donors (Lipinski definition) is 0. The molecule has 1 aromatic carbocycles. The van der Waals surface area contributed by atoms with Crippen molar-refractivity contribution in [2.45, 2.75) is 39.2 Å². The van der Waals surface area contributed by atoms with E-state index in [1.807, 2.05) is 30.3 Å². The van der Waals surface area contributed by atoms with E-state index < -0.39 is 12.1 Å². The number of rotatable bonds is 3. The van der Waals surface area contributed by atoms with E-state index in [9.17, 15) is 4.79 Å². The third-order valence-electron chi connectivity index (χ3n) is 3.28. The first-order valence-electron chi connectivity index (χ1n) is 6.97. The van der Waals surface area contributed by atoms with Crippen LogP contribution < -0.4 is 4.74 Å². The normalized spacial score (nSPS) is 13.0. The molecule has 0 aliphatic rings. The molecule has 1 atom stereocenters. The summed E-state index contributed by atoms with van der Waals surface area (Å²) in [5.41, 5.74) is 1.98. The molecule has 0 spiro atoms. The van der Waals surface area contributed by atoms with Crippen LogP contribution in [0, 0.1) is 0 Å². The molecule has 21 heavy (non-hydrogen) atoms. The molecule has 1 heterocycles. The number of esters is 1. The molecule has 2 rings (SSSR count). The monoisotopic (exact) mass is 287 g/mol. The summed E-state index contributed by atoms with van der Waals surface area (Å²) in [5.74, 6) is 0.238. The molecule has 0 aliphatic carbocycles. The third-order valence-corrected chi connectivity index (χ3v) is 3.28. The van der Waals surface area contributed by atoms with Gasteiger partial charge in [0.15, 0.2) is 6.10 Å². The first kappa shape index (κ1) is 15.3. The number of benzene rings is 1. The lowest BCUT2D eigenvalue weighted by Gasteiger charge is -2.18. The quantitative estimate of drug-likeness (QED) is 0.811. The summed E-state index contributed by atoms with van der Waals surface area (Å²) in [4.78, 5) is 16.0. The maximum absolute atomic E-state index is 11.4. The average molecular weight is 287 g/mol. The van der Waals surface area contributed by atoms with Crippen LogP contribution in [0.25, 0.3) is 10.9 Å². The standard InChI is InChI=1S/C17H21NO3/c1-11(16(19)20-5)21-13-7-8-14-12(10-13)6-9-15(18-14)17(2,3)4/h6-11H,1-5H3. The van der Waals surface area contributed by atoms with Crippen LogP contribution in [0.1, 0.15) is 33.4 Å². The Hall–Kier alpha value is -2.10. The van der Waals surface area contributed by atoms with Crippen molar-refractivity contribution in [3.05, 3.63) is 36.0 Å². The van der Waals surface area contributed by atoms with Gasteiger partial charge in [-0.2, -0.15) is 0 Å². The van der Waals surface area contributed by atoms with Crippen molar-refractivity contribution in [3.63, 3.8) is 0 Å². The van der Waals surface area contributed by atoms with Crippen LogP contribution in [0.4, 0.5) is 0 Å². The fourth-order valence-corrected chi connectivity index (χ4v) is 2.01. The van der Waals surface area contributed by atoms with E-state index in [1.54, 1.807) is 6.92 Å². The summed E-state index contributed by atoms with van der Waals surface area (Å²) in [6.45, 7) is 8.07. The van der Waals surface area contributed by atoms with Crippen LogP contribution in [0.15, 0.2) is 30.3 Å². The fraction of sp³-hybridized carbons (Fsp3) is 0.412. The molecular weight excluding hydrogens is 266 g/mol. The van der Waals surface area contributed by atoms with Gasteiger partial charge in [-0.25, -0.2) is 4.79 Å². The number of carbonyl (C=O) groups excluding carboxylic acids is 1. The topological polar surface area (TPSA) is 48.4 Å². The van der Waals surface area contributed by atoms with Gasteiger partial charge in [-0.3, -0.25) is 4.98 Å². The highest BCUT2D eigenvalue weighted by Gasteiger charge is 2.17. The molecule has 2 aromatic rings. The Morgan fingerprint density at radius 1 is 1.19 bits per heavy atom. The number of nitrogens with zero attached hydrogens (tertiary/aromatic N) is 1. The van der Waals surface area contributed by atoms with E-state index >= 15 is 0 Å². The number of ether oxygens (including phenoxy) is 2. The molecule has 0 aliphatic heterocycles. The summed E-state index contributed by atoms with van der Waals surface area (Å²) in [6.07, 6.45) is -0.630. The minimum Gasteiger partial charge on any atom is -0.479 e. The van der Waals surface area contributed by atoms with Crippen LogP contribution in [0.3, 0.4) is 0 Å². The molecule has 0 amide bonds. The van der Waals surface area contributed by atoms with E-state index in [-0.39, 0.29) is 5.41 Å². The van der Waals surface area contributed by atoms with E-state index in [0.29, 0.717) is 5.75 Å². The number of pyridine rings is 1. The average Bonchev–Trinajstić information content (AvgIpc) is 2.44. The lowest BCUT2D eigenvalue weighted by molar-refractivity contribution is -0.147. The lowest BCUT2D eigenvalue weighted by Crippen LogP contribution is -2.24. The third kappa shape index (κ3) is 3.51. The summed E-state index contributed by atoms with van der Waals surface area (Å²) in [5, 5.41) is 0.984. The molecule has 1 unspecified atom stereocenters. The Morgan fingerprint density at radius 2 is 1.90 bits per heavy atom. The predicted octanol–water partition coefficient (Wildman–Crippen LogP) is 3.47. The largest absolute Gasteiger partial charge is 0.479 e. The van der Waals surface area contributed by atoms with Crippen molar-refractivity contribution in [2.75, 3.05) is 7.11 Å². The number of methoxy groups -OCH3 is 1. The second kappa shape index (κ2) is 5.72. The minimum atomic E-state index is -0.630. The van der Waals surface area contributed by atoms with Crippen LogP contribution in [0.5, 0.6) is 5.75 Å². The Bertz CT molecular complexity index is 659. The molecule has 4 nitrogen and oxygen atoms in total. The van der Waals surface area contributed by atoms with Crippen molar-refractivity contribution < 1.29 is 14.3 Å². The predicted molar refractivity (Wildman–Crippen MR) is 82.5 cm³/mol. The molecule has 0 bridgehead atoms. The lowest BCUT2D eigenvalue weighted by atomic mass is 9.91. The van der Waals surface area contributed by atoms with Gasteiger partial charge >= 0.3 is 5.97 Å². The van der Waals surface area contributed by atoms with E-state index in [2.05, 4.69) is 30.5 Å². The van der Waals surface area contributed by atoms with Gasteiger partial charge in [-0.1, -0.05) is 26.8 Å². The van der Waals surface area contributed by atoms with Crippen molar-refractivity contribution in [1.82, 2.24) is 4.98 Å². The van der Waals surface area contributed by atoms with Crippen LogP contribution in [-0.2, 0) is 14.9 Å². The Labute approximate surface area is 125 Å². The maximum Gasteiger partial charge on any atom is 0.346 e. The van der Waals surface area contributed by atoms with Crippen molar-refractivity contribution in [3.8, 4) is 5.75 Å². The maximum atomic E-state index is 11.4. The second-order valence-corrected chi connectivity index (χ2v) is 6.08. The molecule has 0 radical (unpaired) electrons. The molecule has 0 fully saturated rings. The summed E-state index contributed by atoms with van der Waals surface area (Å²) < 4.78 is 10.2. The molecule has 112 valence electrons. The highest BCUT2D eigenvalue weighted by molar-refractivity contribution is 5.81. The zero-order valence-electron chi connectivity index (χ0n) is 13.1. The number of fused-ring (bicyclic) bond motifs is 1. The van der Waals surface area contributed by atoms with E-state index in [4.69, 9.17) is 4.74 Å². The smallest absolute Gasteiger partial charge is 0.346 e. The Kier molecular flexibility index (Phi) is 4.16. The van der Waals surface area contributed by atoms with Crippen LogP contribution >= 0.6 is 0 Å². The minimum absolute atomic E-state index is 0.0166. The molecule has 0 N–H and O–H groups in total. The summed E-state index contributed by atoms with van der Waals surface area (Å²) in [6, 6.07) is 9.66. The van der Waals surface area contributed by atoms with Gasteiger partial charge in [-0.05, 0) is 31.2 Å². The van der Waals surface area contributed by atoms with Gasteiger partial charge in [-0.15, -0.1) is 0 Å². The molecule has 0 saturated carbocycles.